The fourth-order valence-electron chi connectivity index (χ4n) is 1.91. The molecule has 2 rings (SSSR count). The van der Waals surface area contributed by atoms with Crippen molar-refractivity contribution in [2.75, 3.05) is 11.5 Å². The van der Waals surface area contributed by atoms with Crippen LogP contribution in [0, 0.1) is 0 Å². The van der Waals surface area contributed by atoms with Gasteiger partial charge in [-0.3, -0.25) is 0 Å². The first-order chi connectivity index (χ1) is 9.33. The zero-order chi connectivity index (χ0) is 14.8. The van der Waals surface area contributed by atoms with Gasteiger partial charge in [0.15, 0.2) is 15.4 Å². The molecule has 108 valence electrons. The molecule has 0 aromatic heterocycles. The van der Waals surface area contributed by atoms with Crippen LogP contribution in [0.2, 0.25) is 0 Å². The Balaban J connectivity index is 1.92. The molecule has 1 amide bonds. The second kappa shape index (κ2) is 5.12. The summed E-state index contributed by atoms with van der Waals surface area (Å²) in [6.07, 6.45) is -0.953. The number of rotatable bonds is 4. The number of nitrogens with one attached hydrogen (secondary N) is 1. The number of hydrogen-bond donors (Lipinski definition) is 2. The summed E-state index contributed by atoms with van der Waals surface area (Å²) >= 11 is 0. The molecule has 0 spiro atoms. The molecule has 0 atom stereocenters. The van der Waals surface area contributed by atoms with Crippen LogP contribution in [0.4, 0.5) is 4.79 Å². The summed E-state index contributed by atoms with van der Waals surface area (Å²) in [4.78, 5) is 22.6. The fourth-order valence-corrected chi connectivity index (χ4v) is 3.72. The monoisotopic (exact) mass is 299 g/mol. The third kappa shape index (κ3) is 3.08. The van der Waals surface area contributed by atoms with Crippen LogP contribution in [-0.2, 0) is 26.0 Å². The molecule has 1 aliphatic rings. The van der Waals surface area contributed by atoms with Gasteiger partial charge >= 0.3 is 12.1 Å². The maximum absolute atomic E-state index is 11.5. The van der Waals surface area contributed by atoms with Gasteiger partial charge in [0.25, 0.3) is 0 Å². The van der Waals surface area contributed by atoms with E-state index in [1.807, 2.05) is 6.07 Å². The molecule has 0 radical (unpaired) electrons. The highest BCUT2D eigenvalue weighted by molar-refractivity contribution is 7.93. The molecule has 1 aliphatic heterocycles. The summed E-state index contributed by atoms with van der Waals surface area (Å²) in [7, 11) is -3.40. The van der Waals surface area contributed by atoms with E-state index >= 15 is 0 Å². The van der Waals surface area contributed by atoms with Gasteiger partial charge in [0, 0.05) is 0 Å². The number of carboxylic acids is 1. The summed E-state index contributed by atoms with van der Waals surface area (Å²) in [5.74, 6) is -2.62. The topological polar surface area (TPSA) is 110 Å². The maximum atomic E-state index is 11.5. The van der Waals surface area contributed by atoms with Gasteiger partial charge in [-0.1, -0.05) is 30.3 Å². The van der Waals surface area contributed by atoms with Gasteiger partial charge in [-0.15, -0.1) is 0 Å². The van der Waals surface area contributed by atoms with Crippen molar-refractivity contribution >= 4 is 21.9 Å². The molecule has 0 aliphatic carbocycles. The van der Waals surface area contributed by atoms with Crippen LogP contribution in [0.1, 0.15) is 5.56 Å². The molecule has 0 saturated carbocycles. The van der Waals surface area contributed by atoms with Gasteiger partial charge in [0.1, 0.15) is 6.61 Å². The number of carbonyl (C=O) groups excluding carboxylic acids is 1. The SMILES string of the molecule is O=C(NC1(C(=O)O)CS(=O)(=O)C1)OCc1ccccc1. The van der Waals surface area contributed by atoms with Crippen LogP contribution in [0.3, 0.4) is 0 Å². The number of hydrogen-bond acceptors (Lipinski definition) is 5. The van der Waals surface area contributed by atoms with Crippen molar-refractivity contribution < 1.29 is 27.9 Å². The average molecular weight is 299 g/mol. The van der Waals surface area contributed by atoms with Crippen LogP contribution in [0.5, 0.6) is 0 Å². The number of alkyl carbamates (subject to hydrolysis) is 1. The zero-order valence-electron chi connectivity index (χ0n) is 10.4. The lowest BCUT2D eigenvalue weighted by molar-refractivity contribution is -0.143. The van der Waals surface area contributed by atoms with E-state index in [0.29, 0.717) is 0 Å². The Morgan fingerprint density at radius 1 is 1.25 bits per heavy atom. The van der Waals surface area contributed by atoms with Crippen LogP contribution in [-0.4, -0.2) is 42.6 Å². The summed E-state index contributed by atoms with van der Waals surface area (Å²) in [5, 5.41) is 11.1. The third-order valence-corrected chi connectivity index (χ3v) is 4.76. The first kappa shape index (κ1) is 14.3. The molecular weight excluding hydrogens is 286 g/mol. The second-order valence-corrected chi connectivity index (χ2v) is 6.67. The molecular formula is C12H13NO6S. The predicted molar refractivity (Wildman–Crippen MR) is 68.8 cm³/mol. The molecule has 2 N–H and O–H groups in total. The van der Waals surface area contributed by atoms with Crippen molar-refractivity contribution in [1.82, 2.24) is 5.32 Å². The van der Waals surface area contributed by atoms with E-state index < -0.39 is 38.9 Å². The molecule has 1 fully saturated rings. The minimum Gasteiger partial charge on any atom is -0.479 e. The number of sulfone groups is 1. The first-order valence-corrected chi connectivity index (χ1v) is 7.58. The maximum Gasteiger partial charge on any atom is 0.408 e. The van der Waals surface area contributed by atoms with Crippen LogP contribution in [0.15, 0.2) is 30.3 Å². The number of carbonyl (C=O) groups is 2. The number of aliphatic carboxylic acids is 1. The average Bonchev–Trinajstić information content (AvgIpc) is 2.35. The number of benzene rings is 1. The van der Waals surface area contributed by atoms with Crippen LogP contribution >= 0.6 is 0 Å². The van der Waals surface area contributed by atoms with Crippen molar-refractivity contribution in [1.29, 1.82) is 0 Å². The van der Waals surface area contributed by atoms with Crippen molar-refractivity contribution in [3.8, 4) is 0 Å². The van der Waals surface area contributed by atoms with Crippen LogP contribution in [0.25, 0.3) is 0 Å². The highest BCUT2D eigenvalue weighted by atomic mass is 32.2. The van der Waals surface area contributed by atoms with E-state index in [9.17, 15) is 18.0 Å². The van der Waals surface area contributed by atoms with Gasteiger partial charge < -0.3 is 15.2 Å². The summed E-state index contributed by atoms with van der Waals surface area (Å²) < 4.78 is 27.1. The zero-order valence-corrected chi connectivity index (χ0v) is 11.2. The Morgan fingerprint density at radius 2 is 1.85 bits per heavy atom. The Morgan fingerprint density at radius 3 is 2.35 bits per heavy atom. The van der Waals surface area contributed by atoms with E-state index in [1.165, 1.54) is 0 Å². The van der Waals surface area contributed by atoms with Gasteiger partial charge in [0.2, 0.25) is 0 Å². The molecule has 1 aromatic rings. The van der Waals surface area contributed by atoms with Crippen molar-refractivity contribution in [2.45, 2.75) is 12.1 Å². The molecule has 1 heterocycles. The Kier molecular flexibility index (Phi) is 3.67. The summed E-state index contributed by atoms with van der Waals surface area (Å²) in [6.45, 7) is -0.0187. The normalized spacial score (nSPS) is 18.6. The van der Waals surface area contributed by atoms with E-state index in [2.05, 4.69) is 5.32 Å². The molecule has 0 bridgehead atoms. The highest BCUT2D eigenvalue weighted by Gasteiger charge is 2.56. The fraction of sp³-hybridized carbons (Fsp3) is 0.333. The van der Waals surface area contributed by atoms with E-state index in [-0.39, 0.29) is 6.61 Å². The molecule has 8 heteroatoms. The van der Waals surface area contributed by atoms with Crippen molar-refractivity contribution in [3.05, 3.63) is 35.9 Å². The second-order valence-electron chi connectivity index (χ2n) is 4.61. The van der Waals surface area contributed by atoms with Gasteiger partial charge in [-0.25, -0.2) is 18.0 Å². The summed E-state index contributed by atoms with van der Waals surface area (Å²) in [5.41, 5.74) is -1.03. The lowest BCUT2D eigenvalue weighted by Crippen LogP contribution is -2.70. The minimum atomic E-state index is -3.40. The third-order valence-electron chi connectivity index (χ3n) is 2.90. The van der Waals surface area contributed by atoms with Gasteiger partial charge in [-0.05, 0) is 5.56 Å². The van der Waals surface area contributed by atoms with Crippen molar-refractivity contribution in [3.63, 3.8) is 0 Å². The smallest absolute Gasteiger partial charge is 0.408 e. The van der Waals surface area contributed by atoms with Crippen molar-refractivity contribution in [2.24, 2.45) is 0 Å². The Bertz CT molecular complexity index is 613. The van der Waals surface area contributed by atoms with E-state index in [4.69, 9.17) is 9.84 Å². The van der Waals surface area contributed by atoms with E-state index in [0.717, 1.165) is 5.56 Å². The minimum absolute atomic E-state index is 0.0187. The molecule has 7 nitrogen and oxygen atoms in total. The molecule has 1 aromatic carbocycles. The van der Waals surface area contributed by atoms with E-state index in [1.54, 1.807) is 24.3 Å². The summed E-state index contributed by atoms with van der Waals surface area (Å²) in [6, 6.07) is 8.84. The molecule has 20 heavy (non-hydrogen) atoms. The lowest BCUT2D eigenvalue weighted by Gasteiger charge is -2.36. The number of amides is 1. The number of carboxylic acid groups (broad SMARTS) is 1. The molecule has 0 unspecified atom stereocenters. The number of ether oxygens (including phenoxy) is 1. The standard InChI is InChI=1S/C12H13NO6S/c14-10(15)12(7-20(17,18)8-12)13-11(16)19-6-9-4-2-1-3-5-9/h1-5H,6-8H2,(H,13,16)(H,14,15). The van der Waals surface area contributed by atoms with Gasteiger partial charge in [-0.2, -0.15) is 0 Å². The van der Waals surface area contributed by atoms with Crippen LogP contribution < -0.4 is 5.32 Å². The Labute approximate surface area is 115 Å². The Hall–Kier alpha value is -2.09. The lowest BCUT2D eigenvalue weighted by atomic mass is 10.1. The highest BCUT2D eigenvalue weighted by Crippen LogP contribution is 2.24. The quantitative estimate of drug-likeness (QED) is 0.820. The van der Waals surface area contributed by atoms with Gasteiger partial charge in [0.05, 0.1) is 11.5 Å². The molecule has 1 saturated heterocycles. The largest absolute Gasteiger partial charge is 0.479 e. The first-order valence-electron chi connectivity index (χ1n) is 5.76. The predicted octanol–water partition coefficient (Wildman–Crippen LogP) is 0.165.